The number of hydrogen-bond donors (Lipinski definition) is 1. The second-order valence-electron chi connectivity index (χ2n) is 6.86. The predicted octanol–water partition coefficient (Wildman–Crippen LogP) is 3.42. The minimum atomic E-state index is -0.502. The summed E-state index contributed by atoms with van der Waals surface area (Å²) >= 11 is 1.67. The molecule has 0 unspecified atom stereocenters. The number of thioether (sulfide) groups is 1. The Morgan fingerprint density at radius 3 is 2.48 bits per heavy atom. The molecule has 0 saturated carbocycles. The number of Topliss-reactive ketones (excluding diaryl/α,β-unsaturated/α-hetero) is 1. The van der Waals surface area contributed by atoms with Crippen LogP contribution < -0.4 is 5.32 Å². The molecule has 0 radical (unpaired) electrons. The van der Waals surface area contributed by atoms with Crippen LogP contribution in [-0.4, -0.2) is 34.3 Å². The van der Waals surface area contributed by atoms with Crippen LogP contribution >= 0.6 is 11.8 Å². The number of ketones is 1. The van der Waals surface area contributed by atoms with E-state index >= 15 is 0 Å². The zero-order valence-electron chi connectivity index (χ0n) is 15.0. The van der Waals surface area contributed by atoms with Gasteiger partial charge in [-0.1, -0.05) is 30.3 Å². The molecule has 2 amide bonds. The maximum absolute atomic E-state index is 12.9. The van der Waals surface area contributed by atoms with Crippen molar-refractivity contribution in [3.8, 4) is 0 Å². The fourth-order valence-corrected chi connectivity index (χ4v) is 5.50. The minimum absolute atomic E-state index is 0.0182. The Kier molecular flexibility index (Phi) is 4.52. The number of benzene rings is 2. The third-order valence-electron chi connectivity index (χ3n) is 5.21. The second-order valence-corrected chi connectivity index (χ2v) is 8.16. The molecular weight excluding hydrogens is 360 g/mol. The van der Waals surface area contributed by atoms with Crippen LogP contribution in [0, 0.1) is 0 Å². The highest BCUT2D eigenvalue weighted by molar-refractivity contribution is 8.00. The van der Waals surface area contributed by atoms with E-state index in [0.717, 1.165) is 12.0 Å². The molecule has 0 aliphatic carbocycles. The van der Waals surface area contributed by atoms with E-state index in [1.165, 1.54) is 6.92 Å². The molecule has 2 atom stereocenters. The molecule has 2 fully saturated rings. The van der Waals surface area contributed by atoms with Gasteiger partial charge >= 0.3 is 0 Å². The highest BCUT2D eigenvalue weighted by Gasteiger charge is 2.56. The highest BCUT2D eigenvalue weighted by Crippen LogP contribution is 2.54. The lowest BCUT2D eigenvalue weighted by molar-refractivity contribution is -0.136. The number of hydrogen-bond acceptors (Lipinski definition) is 4. The Morgan fingerprint density at radius 1 is 1.11 bits per heavy atom. The molecule has 27 heavy (non-hydrogen) atoms. The highest BCUT2D eigenvalue weighted by atomic mass is 32.2. The van der Waals surface area contributed by atoms with Gasteiger partial charge in [-0.2, -0.15) is 0 Å². The summed E-state index contributed by atoms with van der Waals surface area (Å²) in [4.78, 5) is 38.2. The van der Waals surface area contributed by atoms with Gasteiger partial charge in [0.25, 0.3) is 0 Å². The quantitative estimate of drug-likeness (QED) is 0.826. The Bertz CT molecular complexity index is 897. The van der Waals surface area contributed by atoms with Crippen molar-refractivity contribution in [3.05, 3.63) is 65.7 Å². The molecule has 2 aliphatic rings. The van der Waals surface area contributed by atoms with Crippen molar-refractivity contribution in [2.45, 2.75) is 30.7 Å². The Balaban J connectivity index is 1.56. The number of nitrogens with one attached hydrogen (secondary N) is 1. The smallest absolute Gasteiger partial charge is 0.248 e. The van der Waals surface area contributed by atoms with Crippen molar-refractivity contribution in [1.82, 2.24) is 4.90 Å². The van der Waals surface area contributed by atoms with E-state index in [9.17, 15) is 14.4 Å². The summed E-state index contributed by atoms with van der Waals surface area (Å²) in [5, 5.41) is 2.89. The molecule has 4 rings (SSSR count). The van der Waals surface area contributed by atoms with Crippen LogP contribution in [-0.2, 0) is 14.5 Å². The summed E-state index contributed by atoms with van der Waals surface area (Å²) in [6.07, 6.45) is 1.18. The number of nitrogens with zero attached hydrogens (tertiary/aromatic N) is 1. The van der Waals surface area contributed by atoms with Crippen molar-refractivity contribution in [2.24, 2.45) is 0 Å². The number of rotatable bonds is 4. The van der Waals surface area contributed by atoms with Gasteiger partial charge in [-0.25, -0.2) is 0 Å². The molecule has 1 N–H and O–H groups in total. The van der Waals surface area contributed by atoms with Gasteiger partial charge in [0, 0.05) is 23.4 Å². The van der Waals surface area contributed by atoms with E-state index in [1.54, 1.807) is 40.9 Å². The lowest BCUT2D eigenvalue weighted by Crippen LogP contribution is -2.48. The lowest BCUT2D eigenvalue weighted by Gasteiger charge is -2.34. The van der Waals surface area contributed by atoms with Gasteiger partial charge in [-0.3, -0.25) is 14.4 Å². The summed E-state index contributed by atoms with van der Waals surface area (Å²) < 4.78 is 0. The Hall–Kier alpha value is -2.60. The van der Waals surface area contributed by atoms with Crippen molar-refractivity contribution >= 4 is 35.0 Å². The largest absolute Gasteiger partial charge is 0.324 e. The first-order valence-corrected chi connectivity index (χ1v) is 9.93. The number of anilines is 1. The van der Waals surface area contributed by atoms with E-state index < -0.39 is 10.9 Å². The molecule has 2 aromatic rings. The van der Waals surface area contributed by atoms with Gasteiger partial charge in [0.2, 0.25) is 11.8 Å². The Labute approximate surface area is 162 Å². The number of carbonyl (C=O) groups excluding carboxylic acids is 3. The van der Waals surface area contributed by atoms with Crippen molar-refractivity contribution in [3.63, 3.8) is 0 Å². The molecule has 2 heterocycles. The van der Waals surface area contributed by atoms with Gasteiger partial charge in [0.05, 0.1) is 0 Å². The van der Waals surface area contributed by atoms with E-state index in [2.05, 4.69) is 5.32 Å². The van der Waals surface area contributed by atoms with E-state index in [0.29, 0.717) is 23.4 Å². The molecular formula is C21H20N2O3S. The summed E-state index contributed by atoms with van der Waals surface area (Å²) in [5.41, 5.74) is 2.29. The van der Waals surface area contributed by atoms with Gasteiger partial charge in [0.1, 0.15) is 10.9 Å². The zero-order valence-corrected chi connectivity index (χ0v) is 15.8. The van der Waals surface area contributed by atoms with E-state index in [1.807, 2.05) is 30.3 Å². The van der Waals surface area contributed by atoms with Crippen LogP contribution in [0.2, 0.25) is 0 Å². The molecule has 2 aromatic carbocycles. The SMILES string of the molecule is CC(=O)c1ccc(NC(=O)[C@H]2CS[C@@]3(c4ccccc4)CCC(=O)N23)cc1. The molecule has 0 aromatic heterocycles. The summed E-state index contributed by atoms with van der Waals surface area (Å²) in [7, 11) is 0. The normalized spacial score (nSPS) is 24.0. The Morgan fingerprint density at radius 2 is 1.81 bits per heavy atom. The van der Waals surface area contributed by atoms with Crippen molar-refractivity contribution in [2.75, 3.05) is 11.1 Å². The number of amides is 2. The molecule has 5 nitrogen and oxygen atoms in total. The topological polar surface area (TPSA) is 66.5 Å². The van der Waals surface area contributed by atoms with Crippen molar-refractivity contribution in [1.29, 1.82) is 0 Å². The van der Waals surface area contributed by atoms with Crippen LogP contribution in [0.15, 0.2) is 54.6 Å². The van der Waals surface area contributed by atoms with Gasteiger partial charge in [0.15, 0.2) is 5.78 Å². The van der Waals surface area contributed by atoms with Gasteiger partial charge in [-0.05, 0) is 43.2 Å². The van der Waals surface area contributed by atoms with Crippen LogP contribution in [0.3, 0.4) is 0 Å². The molecule has 2 saturated heterocycles. The standard InChI is InChI=1S/C21H20N2O3S/c1-14(24)15-7-9-17(10-8-15)22-20(26)18-13-27-21(12-11-19(25)23(18)21)16-5-3-2-4-6-16/h2-10,18H,11-13H2,1H3,(H,22,26)/t18-,21-/m1/s1. The first-order valence-electron chi connectivity index (χ1n) is 8.95. The fourth-order valence-electron chi connectivity index (χ4n) is 3.85. The third-order valence-corrected chi connectivity index (χ3v) is 6.81. The number of fused-ring (bicyclic) bond motifs is 1. The lowest BCUT2D eigenvalue weighted by atomic mass is 10.0. The molecule has 6 heteroatoms. The molecule has 0 spiro atoms. The predicted molar refractivity (Wildman–Crippen MR) is 106 cm³/mol. The van der Waals surface area contributed by atoms with Crippen LogP contribution in [0.4, 0.5) is 5.69 Å². The number of carbonyl (C=O) groups is 3. The monoisotopic (exact) mass is 380 g/mol. The van der Waals surface area contributed by atoms with Crippen LogP contribution in [0.1, 0.15) is 35.7 Å². The average Bonchev–Trinajstić information content (AvgIpc) is 3.22. The van der Waals surface area contributed by atoms with Crippen LogP contribution in [0.25, 0.3) is 0 Å². The summed E-state index contributed by atoms with van der Waals surface area (Å²) in [6.45, 7) is 1.51. The zero-order chi connectivity index (χ0) is 19.0. The van der Waals surface area contributed by atoms with E-state index in [4.69, 9.17) is 0 Å². The summed E-state index contributed by atoms with van der Waals surface area (Å²) in [5.74, 6) is 0.385. The summed E-state index contributed by atoms with van der Waals surface area (Å²) in [6, 6.07) is 16.3. The van der Waals surface area contributed by atoms with Gasteiger partial charge in [-0.15, -0.1) is 11.8 Å². The fraction of sp³-hybridized carbons (Fsp3) is 0.286. The van der Waals surface area contributed by atoms with Crippen molar-refractivity contribution < 1.29 is 14.4 Å². The first kappa shape index (κ1) is 17.8. The minimum Gasteiger partial charge on any atom is -0.324 e. The molecule has 0 bridgehead atoms. The molecule has 138 valence electrons. The van der Waals surface area contributed by atoms with Crippen LogP contribution in [0.5, 0.6) is 0 Å². The third kappa shape index (κ3) is 3.04. The van der Waals surface area contributed by atoms with E-state index in [-0.39, 0.29) is 17.6 Å². The average molecular weight is 380 g/mol. The second kappa shape index (κ2) is 6.85. The first-order chi connectivity index (χ1) is 13.0. The maximum Gasteiger partial charge on any atom is 0.248 e. The van der Waals surface area contributed by atoms with Gasteiger partial charge < -0.3 is 10.2 Å². The molecule has 2 aliphatic heterocycles. The maximum atomic E-state index is 12.9.